The van der Waals surface area contributed by atoms with Gasteiger partial charge in [-0.05, 0) is 23.7 Å². The number of aliphatic hydroxyl groups excluding tert-OH is 2. The Balaban J connectivity index is 1.71. The van der Waals surface area contributed by atoms with Crippen molar-refractivity contribution in [3.8, 4) is 0 Å². The number of aliphatic hydroxyl groups is 2. The van der Waals surface area contributed by atoms with E-state index in [1.165, 1.54) is 0 Å². The van der Waals surface area contributed by atoms with Crippen LogP contribution in [-0.4, -0.2) is 68.4 Å². The lowest BCUT2D eigenvalue weighted by molar-refractivity contribution is -0.197. The molecular formula is C22H36O6Si. The normalized spacial score (nSPS) is 32.9. The zero-order chi connectivity index (χ0) is 21.3. The van der Waals surface area contributed by atoms with E-state index in [1.807, 2.05) is 30.3 Å². The molecule has 29 heavy (non-hydrogen) atoms. The molecule has 2 fully saturated rings. The standard InChI is InChI=1S/C22H36O6Si/c1-21(2,3)29(4,5)27-15-22(14-25-12-16-9-7-6-8-10-16)11-18-20(28-22)19(24)17(23)13-26-18/h6-10,17-20,23-24H,11-15H2,1-5H3/t17-,18+,19-,20-,22?/m0/s1. The van der Waals surface area contributed by atoms with Gasteiger partial charge in [-0.2, -0.15) is 0 Å². The predicted octanol–water partition coefficient (Wildman–Crippen LogP) is 2.87. The van der Waals surface area contributed by atoms with Crippen molar-refractivity contribution in [2.75, 3.05) is 19.8 Å². The van der Waals surface area contributed by atoms with Crippen LogP contribution in [0.15, 0.2) is 30.3 Å². The molecule has 1 unspecified atom stereocenters. The molecule has 164 valence electrons. The van der Waals surface area contributed by atoms with Crippen LogP contribution in [0, 0.1) is 0 Å². The fourth-order valence-electron chi connectivity index (χ4n) is 3.56. The summed E-state index contributed by atoms with van der Waals surface area (Å²) in [5.74, 6) is 0. The largest absolute Gasteiger partial charge is 0.414 e. The lowest BCUT2D eigenvalue weighted by Crippen LogP contribution is -2.51. The first-order valence-electron chi connectivity index (χ1n) is 10.4. The van der Waals surface area contributed by atoms with Crippen LogP contribution in [0.1, 0.15) is 32.8 Å². The van der Waals surface area contributed by atoms with Crippen LogP contribution in [-0.2, 0) is 25.2 Å². The molecule has 2 aliphatic heterocycles. The highest BCUT2D eigenvalue weighted by molar-refractivity contribution is 6.74. The van der Waals surface area contributed by atoms with E-state index in [0.29, 0.717) is 26.2 Å². The van der Waals surface area contributed by atoms with Gasteiger partial charge in [0.25, 0.3) is 0 Å². The molecule has 0 radical (unpaired) electrons. The van der Waals surface area contributed by atoms with Crippen LogP contribution in [0.25, 0.3) is 0 Å². The Morgan fingerprint density at radius 3 is 2.48 bits per heavy atom. The third kappa shape index (κ3) is 5.28. The fraction of sp³-hybridized carbons (Fsp3) is 0.727. The number of benzene rings is 1. The lowest BCUT2D eigenvalue weighted by Gasteiger charge is -2.40. The zero-order valence-corrected chi connectivity index (χ0v) is 19.3. The minimum atomic E-state index is -1.99. The molecule has 1 aromatic rings. The average Bonchev–Trinajstić information content (AvgIpc) is 3.03. The third-order valence-corrected chi connectivity index (χ3v) is 11.0. The van der Waals surface area contributed by atoms with E-state index >= 15 is 0 Å². The summed E-state index contributed by atoms with van der Waals surface area (Å²) in [6, 6.07) is 10.0. The molecule has 6 nitrogen and oxygen atoms in total. The molecule has 2 aliphatic rings. The second-order valence-electron chi connectivity index (χ2n) is 9.93. The molecule has 7 heteroatoms. The minimum Gasteiger partial charge on any atom is -0.414 e. The van der Waals surface area contributed by atoms with Gasteiger partial charge in [-0.15, -0.1) is 0 Å². The van der Waals surface area contributed by atoms with Gasteiger partial charge in [-0.1, -0.05) is 51.1 Å². The number of fused-ring (bicyclic) bond motifs is 1. The molecule has 0 aromatic heterocycles. The highest BCUT2D eigenvalue weighted by Crippen LogP contribution is 2.41. The van der Waals surface area contributed by atoms with Crippen molar-refractivity contribution in [1.29, 1.82) is 0 Å². The summed E-state index contributed by atoms with van der Waals surface area (Å²) >= 11 is 0. The first kappa shape index (κ1) is 22.9. The first-order chi connectivity index (χ1) is 13.5. The smallest absolute Gasteiger partial charge is 0.192 e. The monoisotopic (exact) mass is 424 g/mol. The maximum atomic E-state index is 10.4. The third-order valence-electron chi connectivity index (χ3n) is 6.52. The van der Waals surface area contributed by atoms with E-state index in [4.69, 9.17) is 18.6 Å². The Labute approximate surface area is 175 Å². The Morgan fingerprint density at radius 1 is 1.14 bits per heavy atom. The SMILES string of the molecule is CC(C)(C)[Si](C)(C)OCC1(COCc2ccccc2)C[C@H]2OC[C@H](O)[C@H](O)[C@H]2O1. The zero-order valence-electron chi connectivity index (χ0n) is 18.3. The number of rotatable bonds is 7. The summed E-state index contributed by atoms with van der Waals surface area (Å²) in [6.07, 6.45) is -2.15. The molecule has 5 atom stereocenters. The highest BCUT2D eigenvalue weighted by atomic mass is 28.4. The Kier molecular flexibility index (Phi) is 6.90. The molecule has 0 amide bonds. The van der Waals surface area contributed by atoms with E-state index < -0.39 is 32.2 Å². The molecule has 0 bridgehead atoms. The maximum absolute atomic E-state index is 10.4. The lowest BCUT2D eigenvalue weighted by atomic mass is 9.95. The van der Waals surface area contributed by atoms with Crippen molar-refractivity contribution in [2.45, 2.75) is 81.9 Å². The van der Waals surface area contributed by atoms with Gasteiger partial charge in [0.1, 0.15) is 23.9 Å². The van der Waals surface area contributed by atoms with Crippen LogP contribution in [0.5, 0.6) is 0 Å². The van der Waals surface area contributed by atoms with E-state index in [0.717, 1.165) is 5.56 Å². The molecule has 3 rings (SSSR count). The summed E-state index contributed by atoms with van der Waals surface area (Å²) in [4.78, 5) is 0. The molecule has 1 aromatic carbocycles. The van der Waals surface area contributed by atoms with Gasteiger partial charge in [-0.25, -0.2) is 0 Å². The number of ether oxygens (including phenoxy) is 3. The van der Waals surface area contributed by atoms with Gasteiger partial charge >= 0.3 is 0 Å². The van der Waals surface area contributed by atoms with Gasteiger partial charge in [0.2, 0.25) is 0 Å². The predicted molar refractivity (Wildman–Crippen MR) is 113 cm³/mol. The molecule has 0 spiro atoms. The van der Waals surface area contributed by atoms with Crippen molar-refractivity contribution < 1.29 is 28.8 Å². The van der Waals surface area contributed by atoms with Crippen LogP contribution < -0.4 is 0 Å². The topological polar surface area (TPSA) is 77.4 Å². The van der Waals surface area contributed by atoms with Gasteiger partial charge in [-0.3, -0.25) is 0 Å². The van der Waals surface area contributed by atoms with E-state index in [1.54, 1.807) is 0 Å². The van der Waals surface area contributed by atoms with Crippen LogP contribution >= 0.6 is 0 Å². The molecule has 2 N–H and O–H groups in total. The minimum absolute atomic E-state index is 0.0800. The van der Waals surface area contributed by atoms with Gasteiger partial charge in [0.15, 0.2) is 8.32 Å². The Hall–Kier alpha value is -0.803. The average molecular weight is 425 g/mol. The van der Waals surface area contributed by atoms with Crippen LogP contribution in [0.3, 0.4) is 0 Å². The second kappa shape index (κ2) is 8.75. The summed E-state index contributed by atoms with van der Waals surface area (Å²) in [5, 5.41) is 20.5. The quantitative estimate of drug-likeness (QED) is 0.656. The summed E-state index contributed by atoms with van der Waals surface area (Å²) in [6.45, 7) is 12.4. The number of hydrogen-bond donors (Lipinski definition) is 2. The van der Waals surface area contributed by atoms with Crippen LogP contribution in [0.4, 0.5) is 0 Å². The van der Waals surface area contributed by atoms with E-state index in [2.05, 4.69) is 33.9 Å². The summed E-state index contributed by atoms with van der Waals surface area (Å²) in [5.41, 5.74) is 0.389. The van der Waals surface area contributed by atoms with Gasteiger partial charge < -0.3 is 28.8 Å². The maximum Gasteiger partial charge on any atom is 0.192 e. The van der Waals surface area contributed by atoms with Crippen molar-refractivity contribution >= 4 is 8.32 Å². The molecular weight excluding hydrogens is 388 g/mol. The molecule has 2 heterocycles. The highest BCUT2D eigenvalue weighted by Gasteiger charge is 2.54. The second-order valence-corrected chi connectivity index (χ2v) is 14.7. The summed E-state index contributed by atoms with van der Waals surface area (Å²) < 4.78 is 24.6. The fourth-order valence-corrected chi connectivity index (χ4v) is 4.62. The van der Waals surface area contributed by atoms with E-state index in [-0.39, 0.29) is 17.7 Å². The first-order valence-corrected chi connectivity index (χ1v) is 13.4. The van der Waals surface area contributed by atoms with Crippen LogP contribution in [0.2, 0.25) is 18.1 Å². The Bertz CT molecular complexity index is 661. The summed E-state index contributed by atoms with van der Waals surface area (Å²) in [7, 11) is -1.99. The van der Waals surface area contributed by atoms with E-state index in [9.17, 15) is 10.2 Å². The van der Waals surface area contributed by atoms with Crippen molar-refractivity contribution in [1.82, 2.24) is 0 Å². The molecule has 0 aliphatic carbocycles. The number of hydrogen-bond acceptors (Lipinski definition) is 6. The van der Waals surface area contributed by atoms with Crippen molar-refractivity contribution in [3.63, 3.8) is 0 Å². The van der Waals surface area contributed by atoms with Crippen molar-refractivity contribution in [2.24, 2.45) is 0 Å². The molecule has 0 saturated carbocycles. The van der Waals surface area contributed by atoms with Gasteiger partial charge in [0.05, 0.1) is 32.5 Å². The Morgan fingerprint density at radius 2 is 1.83 bits per heavy atom. The van der Waals surface area contributed by atoms with Gasteiger partial charge in [0, 0.05) is 6.42 Å². The van der Waals surface area contributed by atoms with Crippen molar-refractivity contribution in [3.05, 3.63) is 35.9 Å². The molecule has 2 saturated heterocycles.